The number of carbonyl (C=O) groups is 2. The number of thiazole rings is 1. The molecular formula is C17H19N3O2S. The Balaban J connectivity index is 1.70. The van der Waals surface area contributed by atoms with Crippen molar-refractivity contribution in [1.82, 2.24) is 4.98 Å². The van der Waals surface area contributed by atoms with Crippen molar-refractivity contribution in [3.8, 4) is 0 Å². The molecule has 2 aromatic rings. The lowest BCUT2D eigenvalue weighted by molar-refractivity contribution is -0.122. The van der Waals surface area contributed by atoms with E-state index in [1.54, 1.807) is 11.1 Å². The third kappa shape index (κ3) is 3.42. The van der Waals surface area contributed by atoms with Crippen LogP contribution >= 0.6 is 11.3 Å². The van der Waals surface area contributed by atoms with Gasteiger partial charge >= 0.3 is 0 Å². The van der Waals surface area contributed by atoms with E-state index in [1.165, 1.54) is 16.9 Å². The van der Waals surface area contributed by atoms with Crippen molar-refractivity contribution in [1.29, 1.82) is 0 Å². The number of hydrogen-bond acceptors (Lipinski definition) is 4. The topological polar surface area (TPSA) is 62.3 Å². The van der Waals surface area contributed by atoms with Crippen LogP contribution in [-0.4, -0.2) is 23.3 Å². The minimum Gasteiger partial charge on any atom is -0.312 e. The summed E-state index contributed by atoms with van der Waals surface area (Å²) in [7, 11) is 0. The van der Waals surface area contributed by atoms with E-state index in [9.17, 15) is 9.59 Å². The number of anilines is 2. The van der Waals surface area contributed by atoms with Crippen molar-refractivity contribution in [2.75, 3.05) is 16.8 Å². The Labute approximate surface area is 139 Å². The first kappa shape index (κ1) is 15.7. The van der Waals surface area contributed by atoms with Crippen molar-refractivity contribution < 1.29 is 9.59 Å². The summed E-state index contributed by atoms with van der Waals surface area (Å²) in [5, 5.41) is 3.40. The first-order valence-corrected chi connectivity index (χ1v) is 8.51. The number of aryl methyl sites for hydroxylation is 2. The molecule has 0 radical (unpaired) electrons. The number of amides is 2. The molecule has 2 heterocycles. The minimum absolute atomic E-state index is 0.00581. The van der Waals surface area contributed by atoms with Gasteiger partial charge in [-0.3, -0.25) is 9.59 Å². The third-order valence-electron chi connectivity index (χ3n) is 3.98. The Morgan fingerprint density at radius 1 is 1.48 bits per heavy atom. The molecule has 1 atom stereocenters. The fraction of sp³-hybridized carbons (Fsp3) is 0.353. The highest BCUT2D eigenvalue weighted by molar-refractivity contribution is 7.15. The molecule has 1 saturated heterocycles. The molecule has 23 heavy (non-hydrogen) atoms. The van der Waals surface area contributed by atoms with Gasteiger partial charge in [0, 0.05) is 29.7 Å². The first-order valence-electron chi connectivity index (χ1n) is 7.69. The second-order valence-corrected chi connectivity index (χ2v) is 6.93. The molecule has 6 heteroatoms. The average Bonchev–Trinajstić information content (AvgIpc) is 3.13. The van der Waals surface area contributed by atoms with E-state index in [2.05, 4.69) is 17.2 Å². The van der Waals surface area contributed by atoms with E-state index in [4.69, 9.17) is 0 Å². The number of nitrogens with zero attached hydrogens (tertiary/aromatic N) is 2. The molecule has 120 valence electrons. The average molecular weight is 329 g/mol. The lowest BCUT2D eigenvalue weighted by Crippen LogP contribution is -2.28. The molecule has 1 aromatic heterocycles. The highest BCUT2D eigenvalue weighted by Crippen LogP contribution is 2.27. The number of carbonyl (C=O) groups excluding carboxylic acids is 2. The fourth-order valence-electron chi connectivity index (χ4n) is 2.70. The van der Waals surface area contributed by atoms with Crippen molar-refractivity contribution in [3.63, 3.8) is 0 Å². The van der Waals surface area contributed by atoms with Crippen LogP contribution in [-0.2, 0) is 16.0 Å². The largest absolute Gasteiger partial charge is 0.312 e. The summed E-state index contributed by atoms with van der Waals surface area (Å²) in [5.41, 5.74) is 2.05. The van der Waals surface area contributed by atoms with Crippen molar-refractivity contribution in [2.45, 2.75) is 26.7 Å². The van der Waals surface area contributed by atoms with E-state index < -0.39 is 0 Å². The highest BCUT2D eigenvalue weighted by Gasteiger charge is 2.35. The van der Waals surface area contributed by atoms with E-state index in [-0.39, 0.29) is 24.2 Å². The Kier molecular flexibility index (Phi) is 4.43. The van der Waals surface area contributed by atoms with Crippen molar-refractivity contribution >= 4 is 34.0 Å². The molecule has 0 saturated carbocycles. The Hall–Kier alpha value is -2.21. The molecular weight excluding hydrogens is 310 g/mol. The zero-order valence-corrected chi connectivity index (χ0v) is 14.0. The molecule has 1 aliphatic heterocycles. The smallest absolute Gasteiger partial charge is 0.231 e. The molecule has 1 fully saturated rings. The second-order valence-electron chi connectivity index (χ2n) is 5.69. The zero-order chi connectivity index (χ0) is 16.4. The zero-order valence-electron chi connectivity index (χ0n) is 13.2. The predicted octanol–water partition coefficient (Wildman–Crippen LogP) is 3.01. The first-order chi connectivity index (χ1) is 11.1. The van der Waals surface area contributed by atoms with Gasteiger partial charge in [-0.05, 0) is 31.0 Å². The minimum atomic E-state index is -0.336. The van der Waals surface area contributed by atoms with Crippen LogP contribution in [0.15, 0.2) is 30.5 Å². The normalized spacial score (nSPS) is 17.6. The monoisotopic (exact) mass is 329 g/mol. The maximum atomic E-state index is 12.3. The second kappa shape index (κ2) is 6.50. The summed E-state index contributed by atoms with van der Waals surface area (Å²) in [4.78, 5) is 31.5. The van der Waals surface area contributed by atoms with E-state index in [0.29, 0.717) is 11.7 Å². The number of rotatable bonds is 4. The SMILES string of the molecule is CCc1cccc(N2C[C@@H](C(=O)Nc3ncc(C)s3)CC2=O)c1. The molecule has 0 bridgehead atoms. The van der Waals surface area contributed by atoms with Gasteiger partial charge in [0.1, 0.15) is 0 Å². The van der Waals surface area contributed by atoms with Gasteiger partial charge in [0.2, 0.25) is 11.8 Å². The van der Waals surface area contributed by atoms with Gasteiger partial charge in [0.15, 0.2) is 5.13 Å². The van der Waals surface area contributed by atoms with Gasteiger partial charge in [0.25, 0.3) is 0 Å². The standard InChI is InChI=1S/C17H19N3O2S/c1-3-12-5-4-6-14(7-12)20-10-13(8-15(20)21)16(22)19-17-18-9-11(2)23-17/h4-7,9,13H,3,8,10H2,1-2H3,(H,18,19,22)/t13-/m0/s1. The quantitative estimate of drug-likeness (QED) is 0.938. The Morgan fingerprint density at radius 3 is 3.00 bits per heavy atom. The highest BCUT2D eigenvalue weighted by atomic mass is 32.1. The van der Waals surface area contributed by atoms with Crippen LogP contribution in [0.3, 0.4) is 0 Å². The van der Waals surface area contributed by atoms with Crippen LogP contribution in [0.2, 0.25) is 0 Å². The van der Waals surface area contributed by atoms with Gasteiger partial charge in [0.05, 0.1) is 5.92 Å². The van der Waals surface area contributed by atoms with Gasteiger partial charge in [-0.2, -0.15) is 0 Å². The summed E-state index contributed by atoms with van der Waals surface area (Å²) in [6, 6.07) is 7.93. The fourth-order valence-corrected chi connectivity index (χ4v) is 3.36. The Morgan fingerprint density at radius 2 is 2.30 bits per heavy atom. The maximum absolute atomic E-state index is 12.3. The molecule has 1 aliphatic rings. The summed E-state index contributed by atoms with van der Waals surface area (Å²) in [5.74, 6) is -0.479. The van der Waals surface area contributed by atoms with Gasteiger partial charge in [-0.25, -0.2) is 4.98 Å². The maximum Gasteiger partial charge on any atom is 0.231 e. The summed E-state index contributed by atoms with van der Waals surface area (Å²) in [6.07, 6.45) is 2.89. The van der Waals surface area contributed by atoms with E-state index >= 15 is 0 Å². The molecule has 1 aromatic carbocycles. The van der Waals surface area contributed by atoms with Crippen molar-refractivity contribution in [3.05, 3.63) is 40.9 Å². The van der Waals surface area contributed by atoms with Crippen LogP contribution in [0, 0.1) is 12.8 Å². The van der Waals surface area contributed by atoms with Crippen LogP contribution in [0.1, 0.15) is 23.8 Å². The summed E-state index contributed by atoms with van der Waals surface area (Å²) in [6.45, 7) is 4.44. The predicted molar refractivity (Wildman–Crippen MR) is 91.8 cm³/mol. The molecule has 5 nitrogen and oxygen atoms in total. The molecule has 3 rings (SSSR count). The molecule has 0 aliphatic carbocycles. The third-order valence-corrected chi connectivity index (χ3v) is 4.81. The van der Waals surface area contributed by atoms with Gasteiger partial charge in [-0.15, -0.1) is 11.3 Å². The van der Waals surface area contributed by atoms with Crippen molar-refractivity contribution in [2.24, 2.45) is 5.92 Å². The molecule has 0 spiro atoms. The molecule has 2 amide bonds. The molecule has 1 N–H and O–H groups in total. The number of hydrogen-bond donors (Lipinski definition) is 1. The van der Waals surface area contributed by atoms with Gasteiger partial charge < -0.3 is 10.2 Å². The summed E-state index contributed by atoms with van der Waals surface area (Å²) < 4.78 is 0. The summed E-state index contributed by atoms with van der Waals surface area (Å²) >= 11 is 1.44. The van der Waals surface area contributed by atoms with Crippen LogP contribution in [0.4, 0.5) is 10.8 Å². The van der Waals surface area contributed by atoms with Crippen LogP contribution in [0.25, 0.3) is 0 Å². The number of benzene rings is 1. The van der Waals surface area contributed by atoms with Crippen LogP contribution in [0.5, 0.6) is 0 Å². The lowest BCUT2D eigenvalue weighted by atomic mass is 10.1. The molecule has 0 unspecified atom stereocenters. The van der Waals surface area contributed by atoms with E-state index in [1.807, 2.05) is 31.2 Å². The Bertz CT molecular complexity index is 741. The van der Waals surface area contributed by atoms with Gasteiger partial charge in [-0.1, -0.05) is 19.1 Å². The number of aromatic nitrogens is 1. The van der Waals surface area contributed by atoms with E-state index in [0.717, 1.165) is 17.0 Å². The number of nitrogens with one attached hydrogen (secondary N) is 1. The van der Waals surface area contributed by atoms with Crippen LogP contribution < -0.4 is 10.2 Å². The lowest BCUT2D eigenvalue weighted by Gasteiger charge is -2.17.